The molecule has 574 valence electrons. The minimum Gasteiger partial charge on any atom is -0.399 e. The van der Waals surface area contributed by atoms with Crippen LogP contribution < -0.4 is 65.1 Å². The van der Waals surface area contributed by atoms with Crippen LogP contribution in [0.1, 0.15) is 116 Å². The molecule has 8 amide bonds. The van der Waals surface area contributed by atoms with E-state index in [0.717, 1.165) is 38.5 Å². The van der Waals surface area contributed by atoms with Gasteiger partial charge < -0.3 is 115 Å². The van der Waals surface area contributed by atoms with E-state index >= 15 is 0 Å². The number of ether oxygens (including phenoxy) is 2. The van der Waals surface area contributed by atoms with Gasteiger partial charge in [0.05, 0.1) is 32.4 Å². The van der Waals surface area contributed by atoms with Crippen molar-refractivity contribution in [3.63, 3.8) is 0 Å². The molecule has 34 heteroatoms. The van der Waals surface area contributed by atoms with E-state index in [9.17, 15) is 79.2 Å². The fraction of sp³-hybridized carbons (Fsp3) is 0.543. The zero-order valence-corrected chi connectivity index (χ0v) is 61.3. The lowest BCUT2D eigenvalue weighted by Crippen LogP contribution is -2.61. The van der Waals surface area contributed by atoms with Gasteiger partial charge in [0.2, 0.25) is 47.3 Å². The zero-order chi connectivity index (χ0) is 75.4. The summed E-state index contributed by atoms with van der Waals surface area (Å²) < 4.78 is 10.7. The van der Waals surface area contributed by atoms with Gasteiger partial charge in [-0.1, -0.05) is 80.3 Å². The van der Waals surface area contributed by atoms with Crippen molar-refractivity contribution >= 4 is 136 Å². The Balaban J connectivity index is 0.000000327. The average molecular weight is 1530 g/mol. The van der Waals surface area contributed by atoms with Crippen LogP contribution in [0.3, 0.4) is 0 Å². The summed E-state index contributed by atoms with van der Waals surface area (Å²) in [7, 11) is 7.62. The molecule has 0 aromatic heterocycles. The Morgan fingerprint density at radius 2 is 0.952 bits per heavy atom. The number of carbonyl (C=O) groups excluding carboxylic acids is 8. The summed E-state index contributed by atoms with van der Waals surface area (Å²) in [5, 5.41) is 107. The molecule has 4 aromatic rings. The predicted octanol–water partition coefficient (Wildman–Crippen LogP) is 3.70. The van der Waals surface area contributed by atoms with E-state index in [2.05, 4.69) is 47.9 Å². The second kappa shape index (κ2) is 46.0. The highest BCUT2D eigenvalue weighted by molar-refractivity contribution is 8.77. The summed E-state index contributed by atoms with van der Waals surface area (Å²) >= 11 is 0. The molecule has 0 aliphatic carbocycles. The lowest BCUT2D eigenvalue weighted by Gasteiger charge is -2.42. The lowest BCUT2D eigenvalue weighted by atomic mass is 9.83. The van der Waals surface area contributed by atoms with E-state index in [4.69, 9.17) is 26.7 Å². The van der Waals surface area contributed by atoms with Gasteiger partial charge in [-0.05, 0) is 137 Å². The first kappa shape index (κ1) is 85.8. The summed E-state index contributed by atoms with van der Waals surface area (Å²) in [6, 6.07) is 26.7. The van der Waals surface area contributed by atoms with Gasteiger partial charge in [0.15, 0.2) is 6.29 Å². The van der Waals surface area contributed by atoms with Crippen LogP contribution in [0.25, 0.3) is 0 Å². The molecule has 0 spiro atoms. The van der Waals surface area contributed by atoms with Gasteiger partial charge in [-0.2, -0.15) is 0 Å². The third kappa shape index (κ3) is 31.9. The molecule has 3 aliphatic rings. The first-order chi connectivity index (χ1) is 49.9. The van der Waals surface area contributed by atoms with Crippen LogP contribution in [0.5, 0.6) is 0 Å². The smallest absolute Gasteiger partial charge is 0.239 e. The zero-order valence-electron chi connectivity index (χ0n) is 58.0. The Hall–Kier alpha value is -7.16. The van der Waals surface area contributed by atoms with Crippen molar-refractivity contribution in [1.82, 2.24) is 21.3 Å². The van der Waals surface area contributed by atoms with Crippen LogP contribution in [0.15, 0.2) is 97.1 Å². The number of carbonyl (C=O) groups is 8. The van der Waals surface area contributed by atoms with Crippen molar-refractivity contribution in [1.29, 1.82) is 0 Å². The number of nitrogens with two attached hydrogens (primary N) is 3. The summed E-state index contributed by atoms with van der Waals surface area (Å²) in [6.07, 6.45) is -6.04. The van der Waals surface area contributed by atoms with Crippen molar-refractivity contribution in [3.8, 4) is 0 Å². The number of benzene rings is 4. The van der Waals surface area contributed by atoms with Gasteiger partial charge in [0, 0.05) is 125 Å². The minimum absolute atomic E-state index is 0.0487. The van der Waals surface area contributed by atoms with Crippen LogP contribution in [0.4, 0.5) is 45.5 Å². The van der Waals surface area contributed by atoms with Crippen molar-refractivity contribution in [2.45, 2.75) is 187 Å². The molecule has 3 fully saturated rings. The maximum absolute atomic E-state index is 13.5. The van der Waals surface area contributed by atoms with E-state index in [1.165, 1.54) is 24.3 Å². The summed E-state index contributed by atoms with van der Waals surface area (Å²) in [5.74, 6) is -0.221. The Morgan fingerprint density at radius 1 is 0.510 bits per heavy atom. The van der Waals surface area contributed by atoms with Gasteiger partial charge in [0.1, 0.15) is 42.7 Å². The number of amides is 8. The molecule has 11 atom stereocenters. The van der Waals surface area contributed by atoms with Crippen LogP contribution in [0.2, 0.25) is 0 Å². The highest BCUT2D eigenvalue weighted by Crippen LogP contribution is 2.41. The van der Waals surface area contributed by atoms with Crippen LogP contribution in [0, 0.1) is 0 Å². The molecule has 4 aromatic carbocycles. The molecule has 7 rings (SSSR count). The Morgan fingerprint density at radius 3 is 1.40 bits per heavy atom. The van der Waals surface area contributed by atoms with Gasteiger partial charge in [-0.15, -0.1) is 0 Å². The quantitative estimate of drug-likeness (QED) is 0.0171. The fourth-order valence-electron chi connectivity index (χ4n) is 11.3. The molecule has 30 nitrogen and oxygen atoms in total. The Kier molecular flexibility index (Phi) is 38.0. The second-order valence-corrected chi connectivity index (χ2v) is 31.2. The van der Waals surface area contributed by atoms with Gasteiger partial charge in [-0.3, -0.25) is 38.4 Å². The van der Waals surface area contributed by atoms with Crippen LogP contribution >= 0.6 is 43.2 Å². The number of aliphatic hydroxyl groups excluding tert-OH is 8. The second-order valence-electron chi connectivity index (χ2n) is 25.6. The van der Waals surface area contributed by atoms with Crippen molar-refractivity contribution in [3.05, 3.63) is 97.1 Å². The van der Waals surface area contributed by atoms with Crippen molar-refractivity contribution in [2.75, 3.05) is 94.7 Å². The average Bonchev–Trinajstić information content (AvgIpc) is 0.834. The third-order valence-corrected chi connectivity index (χ3v) is 23.1. The fourth-order valence-corrected chi connectivity index (χ4v) is 17.4. The molecule has 3 saturated heterocycles. The van der Waals surface area contributed by atoms with Crippen LogP contribution in [-0.2, 0) is 47.8 Å². The molecule has 0 saturated carbocycles. The molecular formula is C70H102N12O18S4. The monoisotopic (exact) mass is 1530 g/mol. The standard InChI is InChI=1S/C38H50N8O5S2.C32H52N4O13S2/c39-26-6-3-9-29(22-26)43-34(48)14-18-38(19-15-35(49)44-30-10-4-7-27(40)23-30,20-16-36(50)45-31-11-5-8-28(41)24-31)46-37(51)25-42-33(47)13-2-1-12-32-17-21-52-53-32;37-16-22(40)31(49-32-30(47)29(46)28(45)23(17-38)48-32)27(44)21(39)14-34-18-5-3-6-19(13-18)36-25(42)9-4-11-33-26(43)15-35-24(41)8-2-1-7-20-10-12-50-51-20/h3-11,22-24,32H,1-2,12-21,25,39-41H2,(H,42,47)(H,43,48)(H,44,49)(H,45,50)(H,46,51);3,5-6,13,20-23,27-32,34,37-40,44-47H,1-2,4,7-12,14-17H2,(H,33,43)(H,35,41)(H,36,42). The van der Waals surface area contributed by atoms with Crippen molar-refractivity contribution < 1.29 is 88.7 Å². The van der Waals surface area contributed by atoms with Gasteiger partial charge >= 0.3 is 0 Å². The van der Waals surface area contributed by atoms with Gasteiger partial charge in [-0.25, -0.2) is 0 Å². The van der Waals surface area contributed by atoms with E-state index in [1.807, 2.05) is 43.2 Å². The number of nitrogen functional groups attached to an aromatic ring is 3. The number of unbranched alkanes of at least 4 members (excludes halogenated alkanes) is 2. The third-order valence-electron chi connectivity index (χ3n) is 17.1. The summed E-state index contributed by atoms with van der Waals surface area (Å²) in [4.78, 5) is 102. The molecular weight excluding hydrogens is 1430 g/mol. The molecule has 23 N–H and O–H groups in total. The van der Waals surface area contributed by atoms with Gasteiger partial charge in [0.25, 0.3) is 0 Å². The maximum Gasteiger partial charge on any atom is 0.239 e. The summed E-state index contributed by atoms with van der Waals surface area (Å²) in [5.41, 5.74) is 20.3. The topological polar surface area (TPSA) is 503 Å². The number of nitrogens with one attached hydrogen (secondary N) is 9. The predicted molar refractivity (Wildman–Crippen MR) is 406 cm³/mol. The number of anilines is 8. The highest BCUT2D eigenvalue weighted by Gasteiger charge is 2.47. The van der Waals surface area contributed by atoms with E-state index in [-0.39, 0.29) is 112 Å². The molecule has 3 aliphatic heterocycles. The number of rotatable bonds is 42. The SMILES string of the molecule is Nc1cccc(NC(=O)CCC(CCC(=O)Nc2cccc(N)c2)(CCC(=O)Nc2cccc(N)c2)NC(=O)CNC(=O)CCCCC2CCSS2)c1.O=C(CCCCC1CCSS1)NCC(=O)NCCCC(=O)Nc1cccc(NCC(O)C(O)C(OC2OC(CO)C(O)C(O)C2O)C(O)CO)c1. The molecule has 3 heterocycles. The first-order valence-corrected chi connectivity index (χ1v) is 39.5. The van der Waals surface area contributed by atoms with E-state index in [0.29, 0.717) is 75.3 Å². The van der Waals surface area contributed by atoms with Crippen LogP contribution in [-0.4, -0.2) is 210 Å². The highest BCUT2D eigenvalue weighted by atomic mass is 33.1. The molecule has 0 radical (unpaired) electrons. The molecule has 104 heavy (non-hydrogen) atoms. The molecule has 11 unspecified atom stereocenters. The maximum atomic E-state index is 13.5. The van der Waals surface area contributed by atoms with Crippen molar-refractivity contribution in [2.24, 2.45) is 0 Å². The lowest BCUT2D eigenvalue weighted by molar-refractivity contribution is -0.326. The summed E-state index contributed by atoms with van der Waals surface area (Å²) in [6.45, 7) is -2.13. The van der Waals surface area contributed by atoms with E-state index in [1.54, 1.807) is 97.1 Å². The first-order valence-electron chi connectivity index (χ1n) is 34.8. The van der Waals surface area contributed by atoms with E-state index < -0.39 is 79.8 Å². The Bertz CT molecular complexity index is 3210. The minimum atomic E-state index is -1.86. The number of aliphatic hydroxyl groups is 8. The normalized spacial score (nSPS) is 19.7. The Labute approximate surface area is 621 Å². The number of hydrogen-bond donors (Lipinski definition) is 20. The molecule has 0 bridgehead atoms. The number of hydrogen-bond acceptors (Lipinski definition) is 26. The largest absolute Gasteiger partial charge is 0.399 e.